The van der Waals surface area contributed by atoms with Crippen molar-refractivity contribution in [3.8, 4) is 0 Å². The standard InChI is InChI=1S/C35H37BrN6O4/c1-24(7-5-6-17-40-22-31(38-39-40)29(23-43)26-8-3-2-4-9-26)35(46)30-19-27(36)12-15-32(30)42(34(35)45)21-25-10-13-28(14-11-25)41-18-16-37-20-33(41)44/h2-5,7-15,19,22,24,29,37,43,46H,6,16-18,20-21,23H2,1H3/b7-5+/t24-,29?,35+/m1/s1. The second-order valence-corrected chi connectivity index (χ2v) is 12.7. The molecule has 1 fully saturated rings. The number of piperazine rings is 1. The monoisotopic (exact) mass is 684 g/mol. The summed E-state index contributed by atoms with van der Waals surface area (Å²) in [6.45, 7) is 4.30. The molecule has 3 heterocycles. The van der Waals surface area contributed by atoms with E-state index in [4.69, 9.17) is 0 Å². The highest BCUT2D eigenvalue weighted by Gasteiger charge is 2.52. The van der Waals surface area contributed by atoms with Gasteiger partial charge >= 0.3 is 0 Å². The van der Waals surface area contributed by atoms with Gasteiger partial charge in [-0.1, -0.05) is 82.7 Å². The summed E-state index contributed by atoms with van der Waals surface area (Å²) in [4.78, 5) is 29.7. The molecule has 0 bridgehead atoms. The van der Waals surface area contributed by atoms with Crippen molar-refractivity contribution >= 4 is 39.1 Å². The van der Waals surface area contributed by atoms with E-state index in [1.807, 2.05) is 98.1 Å². The average Bonchev–Trinajstić information content (AvgIpc) is 3.62. The minimum atomic E-state index is -1.74. The predicted molar refractivity (Wildman–Crippen MR) is 179 cm³/mol. The molecule has 0 spiro atoms. The van der Waals surface area contributed by atoms with E-state index in [1.54, 1.807) is 14.5 Å². The first-order valence-corrected chi connectivity index (χ1v) is 16.3. The third-order valence-electron chi connectivity index (χ3n) is 8.82. The Hall–Kier alpha value is -4.16. The number of carbonyl (C=O) groups excluding carboxylic acids is 2. The van der Waals surface area contributed by atoms with Crippen molar-refractivity contribution in [1.29, 1.82) is 0 Å². The Kier molecular flexibility index (Phi) is 9.46. The van der Waals surface area contributed by atoms with Crippen molar-refractivity contribution in [2.24, 2.45) is 5.92 Å². The fraction of sp³-hybridized carbons (Fsp3) is 0.314. The maximum Gasteiger partial charge on any atom is 0.264 e. The predicted octanol–water partition coefficient (Wildman–Crippen LogP) is 4.12. The number of aliphatic hydroxyl groups excluding tert-OH is 1. The lowest BCUT2D eigenvalue weighted by Crippen LogP contribution is -2.48. The first kappa shape index (κ1) is 31.8. The molecule has 0 aliphatic carbocycles. The molecule has 2 aliphatic rings. The fourth-order valence-electron chi connectivity index (χ4n) is 6.20. The van der Waals surface area contributed by atoms with Gasteiger partial charge in [0.15, 0.2) is 5.60 Å². The van der Waals surface area contributed by atoms with Crippen LogP contribution in [0, 0.1) is 5.92 Å². The highest BCUT2D eigenvalue weighted by Crippen LogP contribution is 2.46. The number of anilines is 2. The normalized spacial score (nSPS) is 19.6. The Bertz CT molecular complexity index is 1730. The van der Waals surface area contributed by atoms with E-state index in [2.05, 4.69) is 31.6 Å². The van der Waals surface area contributed by atoms with E-state index in [0.29, 0.717) is 43.0 Å². The van der Waals surface area contributed by atoms with Crippen molar-refractivity contribution in [2.75, 3.05) is 36.0 Å². The summed E-state index contributed by atoms with van der Waals surface area (Å²) >= 11 is 3.52. The van der Waals surface area contributed by atoms with Gasteiger partial charge < -0.3 is 25.3 Å². The van der Waals surface area contributed by atoms with Gasteiger partial charge in [0, 0.05) is 47.5 Å². The molecule has 2 aliphatic heterocycles. The number of amides is 2. The van der Waals surface area contributed by atoms with Crippen LogP contribution in [0.4, 0.5) is 11.4 Å². The van der Waals surface area contributed by atoms with Gasteiger partial charge in [0.25, 0.3) is 5.91 Å². The topological polar surface area (TPSA) is 124 Å². The third-order valence-corrected chi connectivity index (χ3v) is 9.31. The lowest BCUT2D eigenvalue weighted by Gasteiger charge is -2.28. The Balaban J connectivity index is 1.14. The second kappa shape index (κ2) is 13.7. The first-order valence-electron chi connectivity index (χ1n) is 15.5. The number of carbonyl (C=O) groups is 2. The highest BCUT2D eigenvalue weighted by molar-refractivity contribution is 9.10. The Morgan fingerprint density at radius 3 is 2.61 bits per heavy atom. The van der Waals surface area contributed by atoms with E-state index in [9.17, 15) is 19.8 Å². The van der Waals surface area contributed by atoms with Crippen molar-refractivity contribution in [2.45, 2.75) is 38.0 Å². The summed E-state index contributed by atoms with van der Waals surface area (Å²) in [6, 6.07) is 22.9. The molecular weight excluding hydrogens is 648 g/mol. The van der Waals surface area contributed by atoms with Crippen LogP contribution in [-0.2, 0) is 28.3 Å². The molecule has 46 heavy (non-hydrogen) atoms. The molecule has 3 aromatic carbocycles. The minimum Gasteiger partial charge on any atom is -0.395 e. The zero-order valence-electron chi connectivity index (χ0n) is 25.6. The maximum atomic E-state index is 14.0. The number of benzene rings is 3. The Morgan fingerprint density at radius 2 is 1.87 bits per heavy atom. The molecule has 2 amide bonds. The van der Waals surface area contributed by atoms with Gasteiger partial charge in [0.2, 0.25) is 5.91 Å². The number of aryl methyl sites for hydroxylation is 1. The quantitative estimate of drug-likeness (QED) is 0.203. The van der Waals surface area contributed by atoms with E-state index >= 15 is 0 Å². The number of hydrogen-bond acceptors (Lipinski definition) is 7. The van der Waals surface area contributed by atoms with Crippen molar-refractivity contribution in [1.82, 2.24) is 20.3 Å². The lowest BCUT2D eigenvalue weighted by molar-refractivity contribution is -0.139. The number of aliphatic hydroxyl groups is 2. The lowest BCUT2D eigenvalue weighted by atomic mass is 9.83. The zero-order chi connectivity index (χ0) is 32.3. The van der Waals surface area contributed by atoms with Crippen LogP contribution >= 0.6 is 15.9 Å². The van der Waals surface area contributed by atoms with Gasteiger partial charge in [-0.15, -0.1) is 5.10 Å². The van der Waals surface area contributed by atoms with Crippen LogP contribution in [0.3, 0.4) is 0 Å². The van der Waals surface area contributed by atoms with Gasteiger partial charge in [-0.3, -0.25) is 14.3 Å². The van der Waals surface area contributed by atoms with Gasteiger partial charge in [-0.05, 0) is 47.9 Å². The van der Waals surface area contributed by atoms with Crippen molar-refractivity contribution < 1.29 is 19.8 Å². The van der Waals surface area contributed by atoms with Gasteiger partial charge in [-0.2, -0.15) is 0 Å². The molecule has 3 N–H and O–H groups in total. The highest BCUT2D eigenvalue weighted by atomic mass is 79.9. The molecule has 0 radical (unpaired) electrons. The maximum absolute atomic E-state index is 14.0. The minimum absolute atomic E-state index is 0.0322. The summed E-state index contributed by atoms with van der Waals surface area (Å²) in [5.41, 5.74) is 2.88. The number of nitrogens with zero attached hydrogens (tertiary/aromatic N) is 5. The summed E-state index contributed by atoms with van der Waals surface area (Å²) < 4.78 is 2.52. The van der Waals surface area contributed by atoms with Gasteiger partial charge in [0.05, 0.1) is 37.0 Å². The van der Waals surface area contributed by atoms with Crippen molar-refractivity contribution in [3.05, 3.63) is 118 Å². The van der Waals surface area contributed by atoms with Crippen molar-refractivity contribution in [3.63, 3.8) is 0 Å². The summed E-state index contributed by atoms with van der Waals surface area (Å²) in [5, 5.41) is 33.6. The Morgan fingerprint density at radius 1 is 1.09 bits per heavy atom. The molecule has 1 aromatic heterocycles. The molecule has 10 nitrogen and oxygen atoms in total. The molecule has 1 unspecified atom stereocenters. The van der Waals surface area contributed by atoms with E-state index in [-0.39, 0.29) is 30.9 Å². The molecular formula is C35H37BrN6O4. The SMILES string of the molecule is C[C@H](/C=C/CCn1cc(C(CO)c2ccccc2)nn1)[C@@]1(O)C(=O)N(Cc2ccc(N3CCNCC3=O)cc2)c2ccc(Br)cc21. The van der Waals surface area contributed by atoms with Crippen LogP contribution in [0.5, 0.6) is 0 Å². The summed E-state index contributed by atoms with van der Waals surface area (Å²) in [6.07, 6.45) is 6.29. The smallest absolute Gasteiger partial charge is 0.264 e. The largest absolute Gasteiger partial charge is 0.395 e. The number of nitrogens with one attached hydrogen (secondary N) is 1. The van der Waals surface area contributed by atoms with Crippen LogP contribution in [0.15, 0.2) is 95.6 Å². The number of halogens is 1. The second-order valence-electron chi connectivity index (χ2n) is 11.8. The molecule has 238 valence electrons. The van der Waals surface area contributed by atoms with E-state index in [0.717, 1.165) is 27.8 Å². The molecule has 0 saturated carbocycles. The number of allylic oxidation sites excluding steroid dienone is 1. The molecule has 1 saturated heterocycles. The Labute approximate surface area is 276 Å². The average molecular weight is 686 g/mol. The van der Waals surface area contributed by atoms with Crippen LogP contribution in [0.1, 0.15) is 41.6 Å². The van der Waals surface area contributed by atoms with E-state index in [1.165, 1.54) is 0 Å². The molecule has 3 atom stereocenters. The first-order chi connectivity index (χ1) is 22.3. The molecule has 4 aromatic rings. The summed E-state index contributed by atoms with van der Waals surface area (Å²) in [7, 11) is 0. The fourth-order valence-corrected chi connectivity index (χ4v) is 6.56. The molecule has 11 heteroatoms. The third kappa shape index (κ3) is 6.28. The zero-order valence-corrected chi connectivity index (χ0v) is 27.2. The number of rotatable bonds is 11. The van der Waals surface area contributed by atoms with Crippen LogP contribution in [-0.4, -0.2) is 63.3 Å². The number of fused-ring (bicyclic) bond motifs is 1. The van der Waals surface area contributed by atoms with Crippen LogP contribution < -0.4 is 15.1 Å². The number of aromatic nitrogens is 3. The van der Waals surface area contributed by atoms with E-state index < -0.39 is 11.5 Å². The van der Waals surface area contributed by atoms with Gasteiger partial charge in [-0.25, -0.2) is 0 Å². The number of hydrogen-bond donors (Lipinski definition) is 3. The van der Waals surface area contributed by atoms with Gasteiger partial charge in [0.1, 0.15) is 0 Å². The molecule has 6 rings (SSSR count). The summed E-state index contributed by atoms with van der Waals surface area (Å²) in [5.74, 6) is -1.10. The van der Waals surface area contributed by atoms with Crippen LogP contribution in [0.2, 0.25) is 0 Å². The van der Waals surface area contributed by atoms with Crippen LogP contribution in [0.25, 0.3) is 0 Å².